The standard InChI is InChI=1S/C15H15N3O4/c19-14(20)13-6-11-12(17-9-16-11)7-18(13)15(21)22-8-10-4-2-1-3-5-10/h1-5,9,13H,6-8H2,(H,16,17)(H,19,20). The molecule has 0 spiro atoms. The number of fused-ring (bicyclic) bond motifs is 1. The SMILES string of the molecule is O=C(O)C1Cc2nc[nH]c2CN1C(=O)OCc1ccccc1. The van der Waals surface area contributed by atoms with Crippen molar-refractivity contribution in [3.8, 4) is 0 Å². The summed E-state index contributed by atoms with van der Waals surface area (Å²) < 4.78 is 5.23. The Labute approximate surface area is 126 Å². The smallest absolute Gasteiger partial charge is 0.411 e. The zero-order chi connectivity index (χ0) is 15.5. The topological polar surface area (TPSA) is 95.5 Å². The Kier molecular flexibility index (Phi) is 3.78. The summed E-state index contributed by atoms with van der Waals surface area (Å²) in [7, 11) is 0. The average Bonchev–Trinajstić information content (AvgIpc) is 2.99. The molecule has 114 valence electrons. The highest BCUT2D eigenvalue weighted by Gasteiger charge is 2.36. The van der Waals surface area contributed by atoms with Crippen LogP contribution in [0, 0.1) is 0 Å². The first-order chi connectivity index (χ1) is 10.6. The number of ether oxygens (including phenoxy) is 1. The highest BCUT2D eigenvalue weighted by molar-refractivity contribution is 5.80. The zero-order valence-electron chi connectivity index (χ0n) is 11.7. The Morgan fingerprint density at radius 3 is 2.86 bits per heavy atom. The molecule has 0 saturated carbocycles. The van der Waals surface area contributed by atoms with E-state index in [1.54, 1.807) is 0 Å². The Balaban J connectivity index is 1.71. The van der Waals surface area contributed by atoms with Crippen molar-refractivity contribution in [2.24, 2.45) is 0 Å². The third-order valence-corrected chi connectivity index (χ3v) is 3.62. The highest BCUT2D eigenvalue weighted by Crippen LogP contribution is 2.22. The summed E-state index contributed by atoms with van der Waals surface area (Å²) >= 11 is 0. The number of imidazole rings is 1. The molecule has 0 aliphatic carbocycles. The molecular formula is C15H15N3O4. The van der Waals surface area contributed by atoms with Gasteiger partial charge < -0.3 is 14.8 Å². The summed E-state index contributed by atoms with van der Waals surface area (Å²) in [5.74, 6) is -1.06. The molecule has 7 heteroatoms. The van der Waals surface area contributed by atoms with Crippen LogP contribution in [0.2, 0.25) is 0 Å². The summed E-state index contributed by atoms with van der Waals surface area (Å²) in [5, 5.41) is 9.32. The molecule has 1 atom stereocenters. The van der Waals surface area contributed by atoms with E-state index in [1.165, 1.54) is 11.2 Å². The van der Waals surface area contributed by atoms with Gasteiger partial charge in [0.1, 0.15) is 12.6 Å². The van der Waals surface area contributed by atoms with Gasteiger partial charge in [-0.1, -0.05) is 30.3 Å². The summed E-state index contributed by atoms with van der Waals surface area (Å²) in [6.45, 7) is 0.262. The highest BCUT2D eigenvalue weighted by atomic mass is 16.6. The van der Waals surface area contributed by atoms with Crippen molar-refractivity contribution in [2.75, 3.05) is 0 Å². The molecule has 22 heavy (non-hydrogen) atoms. The van der Waals surface area contributed by atoms with E-state index >= 15 is 0 Å². The molecule has 0 bridgehead atoms. The van der Waals surface area contributed by atoms with E-state index in [0.29, 0.717) is 5.69 Å². The number of amides is 1. The molecule has 0 radical (unpaired) electrons. The number of aromatic nitrogens is 2. The lowest BCUT2D eigenvalue weighted by molar-refractivity contribution is -0.143. The number of nitrogens with zero attached hydrogens (tertiary/aromatic N) is 2. The second-order valence-corrected chi connectivity index (χ2v) is 5.05. The summed E-state index contributed by atoms with van der Waals surface area (Å²) in [5.41, 5.74) is 2.27. The van der Waals surface area contributed by atoms with E-state index in [2.05, 4.69) is 9.97 Å². The average molecular weight is 301 g/mol. The van der Waals surface area contributed by atoms with E-state index in [9.17, 15) is 14.7 Å². The number of carboxylic acids is 1. The van der Waals surface area contributed by atoms with Gasteiger partial charge in [0, 0.05) is 6.42 Å². The number of aromatic amines is 1. The van der Waals surface area contributed by atoms with Gasteiger partial charge in [-0.2, -0.15) is 0 Å². The minimum atomic E-state index is -1.06. The number of hydrogen-bond acceptors (Lipinski definition) is 4. The molecule has 3 rings (SSSR count). The summed E-state index contributed by atoms with van der Waals surface area (Å²) in [6, 6.07) is 8.29. The van der Waals surface area contributed by atoms with Crippen molar-refractivity contribution < 1.29 is 19.4 Å². The first-order valence-electron chi connectivity index (χ1n) is 6.86. The van der Waals surface area contributed by atoms with Crippen LogP contribution >= 0.6 is 0 Å². The fourth-order valence-corrected chi connectivity index (χ4v) is 2.45. The number of carboxylic acid groups (broad SMARTS) is 1. The van der Waals surface area contributed by atoms with E-state index < -0.39 is 18.1 Å². The molecule has 1 aliphatic rings. The predicted octanol–water partition coefficient (Wildman–Crippen LogP) is 1.56. The van der Waals surface area contributed by atoms with Crippen LogP contribution < -0.4 is 0 Å². The molecule has 2 heterocycles. The van der Waals surface area contributed by atoms with Crippen LogP contribution in [-0.4, -0.2) is 38.1 Å². The molecule has 0 fully saturated rings. The van der Waals surface area contributed by atoms with Gasteiger partial charge in [-0.05, 0) is 5.56 Å². The molecule has 1 aliphatic heterocycles. The van der Waals surface area contributed by atoms with Crippen LogP contribution in [-0.2, 0) is 29.1 Å². The van der Waals surface area contributed by atoms with Gasteiger partial charge in [0.2, 0.25) is 0 Å². The van der Waals surface area contributed by atoms with Gasteiger partial charge in [-0.25, -0.2) is 14.6 Å². The molecule has 1 aromatic carbocycles. The minimum Gasteiger partial charge on any atom is -0.480 e. The maximum absolute atomic E-state index is 12.2. The van der Waals surface area contributed by atoms with Crippen LogP contribution in [0.1, 0.15) is 17.0 Å². The van der Waals surface area contributed by atoms with Crippen molar-refractivity contribution >= 4 is 12.1 Å². The number of carbonyl (C=O) groups is 2. The van der Waals surface area contributed by atoms with Gasteiger partial charge in [0.25, 0.3) is 0 Å². The second kappa shape index (κ2) is 5.88. The Hall–Kier alpha value is -2.83. The number of benzene rings is 1. The fourth-order valence-electron chi connectivity index (χ4n) is 2.45. The first-order valence-corrected chi connectivity index (χ1v) is 6.86. The normalized spacial score (nSPS) is 16.9. The monoisotopic (exact) mass is 301 g/mol. The van der Waals surface area contributed by atoms with Crippen LogP contribution in [0.3, 0.4) is 0 Å². The summed E-state index contributed by atoms with van der Waals surface area (Å²) in [6.07, 6.45) is 1.04. The first kappa shape index (κ1) is 14.1. The van der Waals surface area contributed by atoms with Gasteiger partial charge in [-0.3, -0.25) is 4.90 Å². The van der Waals surface area contributed by atoms with Crippen LogP contribution in [0.15, 0.2) is 36.7 Å². The number of carbonyl (C=O) groups excluding carboxylic acids is 1. The molecule has 1 amide bonds. The van der Waals surface area contributed by atoms with Crippen molar-refractivity contribution in [1.82, 2.24) is 14.9 Å². The fraction of sp³-hybridized carbons (Fsp3) is 0.267. The van der Waals surface area contributed by atoms with E-state index in [-0.39, 0.29) is 19.6 Å². The molecule has 0 saturated heterocycles. The molecule has 2 N–H and O–H groups in total. The van der Waals surface area contributed by atoms with Crippen LogP contribution in [0.4, 0.5) is 4.79 Å². The van der Waals surface area contributed by atoms with Crippen molar-refractivity contribution in [3.63, 3.8) is 0 Å². The number of H-pyrrole nitrogens is 1. The third kappa shape index (κ3) is 2.78. The zero-order valence-corrected chi connectivity index (χ0v) is 11.7. The lowest BCUT2D eigenvalue weighted by Crippen LogP contribution is -2.48. The maximum atomic E-state index is 12.2. The minimum absolute atomic E-state index is 0.109. The van der Waals surface area contributed by atoms with Gasteiger partial charge in [0.15, 0.2) is 0 Å². The van der Waals surface area contributed by atoms with Crippen molar-refractivity contribution in [1.29, 1.82) is 0 Å². The lowest BCUT2D eigenvalue weighted by atomic mass is 10.0. The quantitative estimate of drug-likeness (QED) is 0.897. The molecule has 7 nitrogen and oxygen atoms in total. The predicted molar refractivity (Wildman–Crippen MR) is 75.9 cm³/mol. The summed E-state index contributed by atoms with van der Waals surface area (Å²) in [4.78, 5) is 31.8. The maximum Gasteiger partial charge on any atom is 0.411 e. The Bertz CT molecular complexity index is 683. The lowest BCUT2D eigenvalue weighted by Gasteiger charge is -2.31. The molecule has 1 aromatic heterocycles. The van der Waals surface area contributed by atoms with Crippen LogP contribution in [0.5, 0.6) is 0 Å². The van der Waals surface area contributed by atoms with Crippen LogP contribution in [0.25, 0.3) is 0 Å². The molecule has 2 aromatic rings. The second-order valence-electron chi connectivity index (χ2n) is 5.05. The van der Waals surface area contributed by atoms with Gasteiger partial charge in [-0.15, -0.1) is 0 Å². The van der Waals surface area contributed by atoms with E-state index in [0.717, 1.165) is 11.3 Å². The van der Waals surface area contributed by atoms with Crippen molar-refractivity contribution in [3.05, 3.63) is 53.6 Å². The molecule has 1 unspecified atom stereocenters. The van der Waals surface area contributed by atoms with Gasteiger partial charge in [0.05, 0.1) is 24.3 Å². The number of nitrogens with one attached hydrogen (secondary N) is 1. The number of rotatable bonds is 3. The Morgan fingerprint density at radius 2 is 2.14 bits per heavy atom. The van der Waals surface area contributed by atoms with Crippen molar-refractivity contribution in [2.45, 2.75) is 25.6 Å². The number of aliphatic carboxylic acids is 1. The molecular weight excluding hydrogens is 286 g/mol. The third-order valence-electron chi connectivity index (χ3n) is 3.62. The largest absolute Gasteiger partial charge is 0.480 e. The van der Waals surface area contributed by atoms with Gasteiger partial charge >= 0.3 is 12.1 Å². The number of hydrogen-bond donors (Lipinski definition) is 2. The Morgan fingerprint density at radius 1 is 1.36 bits per heavy atom. The van der Waals surface area contributed by atoms with E-state index in [4.69, 9.17) is 4.74 Å². The van der Waals surface area contributed by atoms with E-state index in [1.807, 2.05) is 30.3 Å².